The molecule has 0 aliphatic heterocycles. The molecule has 1 aromatic carbocycles. The van der Waals surface area contributed by atoms with Crippen LogP contribution >= 0.6 is 11.8 Å². The molecule has 0 saturated heterocycles. The lowest BCUT2D eigenvalue weighted by atomic mass is 10.1. The predicted molar refractivity (Wildman–Crippen MR) is 75.7 cm³/mol. The fourth-order valence-electron chi connectivity index (χ4n) is 1.83. The van der Waals surface area contributed by atoms with E-state index in [2.05, 4.69) is 33.5 Å². The second-order valence-electron chi connectivity index (χ2n) is 4.19. The van der Waals surface area contributed by atoms with Gasteiger partial charge in [0.25, 0.3) is 0 Å². The molecule has 1 atom stereocenters. The minimum absolute atomic E-state index is 0.193. The van der Waals surface area contributed by atoms with Gasteiger partial charge in [0.05, 0.1) is 7.11 Å². The zero-order chi connectivity index (χ0) is 13.8. The van der Waals surface area contributed by atoms with Crippen molar-refractivity contribution in [2.24, 2.45) is 0 Å². The molecule has 0 amide bonds. The zero-order valence-electron chi connectivity index (χ0n) is 11.5. The SMILES string of the molecule is CNC(C)c1c(OC)cccc1Sc1n[nH]c(C)n1. The smallest absolute Gasteiger partial charge is 0.213 e. The number of hydrogen-bond acceptors (Lipinski definition) is 5. The van der Waals surface area contributed by atoms with Gasteiger partial charge in [0, 0.05) is 16.5 Å². The fourth-order valence-corrected chi connectivity index (χ4v) is 2.83. The first kappa shape index (κ1) is 13.9. The molecule has 0 bridgehead atoms. The van der Waals surface area contributed by atoms with Crippen molar-refractivity contribution >= 4 is 11.8 Å². The Hall–Kier alpha value is -1.53. The average Bonchev–Trinajstić information content (AvgIpc) is 2.83. The van der Waals surface area contributed by atoms with Gasteiger partial charge in [-0.2, -0.15) is 0 Å². The van der Waals surface area contributed by atoms with E-state index in [9.17, 15) is 0 Å². The largest absolute Gasteiger partial charge is 0.496 e. The molecule has 2 aromatic rings. The number of ether oxygens (including phenoxy) is 1. The van der Waals surface area contributed by atoms with Gasteiger partial charge >= 0.3 is 0 Å². The summed E-state index contributed by atoms with van der Waals surface area (Å²) in [5.41, 5.74) is 1.12. The average molecular weight is 278 g/mol. The van der Waals surface area contributed by atoms with Gasteiger partial charge in [0.15, 0.2) is 0 Å². The van der Waals surface area contributed by atoms with Gasteiger partial charge in [-0.1, -0.05) is 6.07 Å². The van der Waals surface area contributed by atoms with Gasteiger partial charge < -0.3 is 10.1 Å². The Morgan fingerprint density at radius 1 is 1.42 bits per heavy atom. The highest BCUT2D eigenvalue weighted by Gasteiger charge is 2.16. The first-order valence-electron chi connectivity index (χ1n) is 6.06. The number of H-pyrrole nitrogens is 1. The normalized spacial score (nSPS) is 12.4. The van der Waals surface area contributed by atoms with E-state index in [0.29, 0.717) is 0 Å². The lowest BCUT2D eigenvalue weighted by Gasteiger charge is -2.18. The molecule has 0 radical (unpaired) electrons. The molecule has 6 heteroatoms. The molecule has 2 rings (SSSR count). The van der Waals surface area contributed by atoms with Crippen LogP contribution in [0.15, 0.2) is 28.3 Å². The molecule has 19 heavy (non-hydrogen) atoms. The fraction of sp³-hybridized carbons (Fsp3) is 0.385. The molecule has 0 fully saturated rings. The highest BCUT2D eigenvalue weighted by molar-refractivity contribution is 7.99. The zero-order valence-corrected chi connectivity index (χ0v) is 12.3. The first-order chi connectivity index (χ1) is 9.15. The van der Waals surface area contributed by atoms with Crippen LogP contribution in [0.5, 0.6) is 5.75 Å². The molecule has 2 N–H and O–H groups in total. The molecule has 5 nitrogen and oxygen atoms in total. The molecule has 102 valence electrons. The van der Waals surface area contributed by atoms with Crippen LogP contribution in [0.4, 0.5) is 0 Å². The topological polar surface area (TPSA) is 62.8 Å². The monoisotopic (exact) mass is 278 g/mol. The van der Waals surface area contributed by atoms with Gasteiger partial charge in [-0.05, 0) is 44.8 Å². The number of hydrogen-bond donors (Lipinski definition) is 2. The summed E-state index contributed by atoms with van der Waals surface area (Å²) in [6.45, 7) is 3.99. The Bertz CT molecular complexity index is 555. The molecule has 0 saturated carbocycles. The maximum atomic E-state index is 5.45. The second-order valence-corrected chi connectivity index (χ2v) is 5.20. The summed E-state index contributed by atoms with van der Waals surface area (Å²) in [6.07, 6.45) is 0. The van der Waals surface area contributed by atoms with Gasteiger partial charge in [-0.25, -0.2) is 4.98 Å². The standard InChI is InChI=1S/C13H18N4OS/c1-8(14-3)12-10(18-4)6-5-7-11(12)19-13-15-9(2)16-17-13/h5-8,14H,1-4H3,(H,15,16,17). The highest BCUT2D eigenvalue weighted by atomic mass is 32.2. The third-order valence-corrected chi connectivity index (χ3v) is 3.83. The number of aryl methyl sites for hydroxylation is 1. The van der Waals surface area contributed by atoms with E-state index < -0.39 is 0 Å². The molecule has 1 unspecified atom stereocenters. The number of rotatable bonds is 5. The Morgan fingerprint density at radius 3 is 2.79 bits per heavy atom. The van der Waals surface area contributed by atoms with E-state index in [0.717, 1.165) is 27.2 Å². The molecule has 0 aliphatic carbocycles. The van der Waals surface area contributed by atoms with E-state index in [1.807, 2.05) is 26.1 Å². The van der Waals surface area contributed by atoms with Crippen LogP contribution in [0.25, 0.3) is 0 Å². The highest BCUT2D eigenvalue weighted by Crippen LogP contribution is 2.36. The quantitative estimate of drug-likeness (QED) is 0.880. The maximum Gasteiger partial charge on any atom is 0.213 e. The van der Waals surface area contributed by atoms with E-state index >= 15 is 0 Å². The van der Waals surface area contributed by atoms with Crippen molar-refractivity contribution in [2.75, 3.05) is 14.2 Å². The van der Waals surface area contributed by atoms with Crippen molar-refractivity contribution < 1.29 is 4.74 Å². The van der Waals surface area contributed by atoms with E-state index in [1.165, 1.54) is 11.8 Å². The Balaban J connectivity index is 2.38. The van der Waals surface area contributed by atoms with Crippen molar-refractivity contribution in [1.82, 2.24) is 20.5 Å². The second kappa shape index (κ2) is 6.08. The third-order valence-electron chi connectivity index (χ3n) is 2.89. The number of aromatic nitrogens is 3. The van der Waals surface area contributed by atoms with Gasteiger partial charge in [-0.3, -0.25) is 5.10 Å². The Labute approximate surface area is 117 Å². The van der Waals surface area contributed by atoms with Crippen LogP contribution in [0.1, 0.15) is 24.4 Å². The van der Waals surface area contributed by atoms with Gasteiger partial charge in [0.2, 0.25) is 5.16 Å². The third kappa shape index (κ3) is 3.08. The summed E-state index contributed by atoms with van der Waals surface area (Å²) in [4.78, 5) is 5.42. The van der Waals surface area contributed by atoms with Crippen molar-refractivity contribution in [3.8, 4) is 5.75 Å². The van der Waals surface area contributed by atoms with E-state index in [4.69, 9.17) is 4.74 Å². The molecule has 1 aromatic heterocycles. The van der Waals surface area contributed by atoms with Crippen LogP contribution in [-0.4, -0.2) is 29.3 Å². The molecule has 0 spiro atoms. The van der Waals surface area contributed by atoms with Crippen molar-refractivity contribution in [2.45, 2.75) is 29.9 Å². The lowest BCUT2D eigenvalue weighted by Crippen LogP contribution is -2.14. The van der Waals surface area contributed by atoms with Crippen LogP contribution in [-0.2, 0) is 0 Å². The summed E-state index contributed by atoms with van der Waals surface area (Å²) >= 11 is 1.53. The summed E-state index contributed by atoms with van der Waals surface area (Å²) in [5, 5.41) is 11.0. The van der Waals surface area contributed by atoms with Crippen molar-refractivity contribution in [1.29, 1.82) is 0 Å². The molecule has 1 heterocycles. The maximum absolute atomic E-state index is 5.45. The summed E-state index contributed by atoms with van der Waals surface area (Å²) < 4.78 is 5.45. The summed E-state index contributed by atoms with van der Waals surface area (Å²) in [7, 11) is 3.62. The van der Waals surface area contributed by atoms with Crippen LogP contribution in [0.2, 0.25) is 0 Å². The van der Waals surface area contributed by atoms with Gasteiger partial charge in [-0.15, -0.1) is 5.10 Å². The van der Waals surface area contributed by atoms with Crippen molar-refractivity contribution in [3.63, 3.8) is 0 Å². The van der Waals surface area contributed by atoms with Crippen LogP contribution < -0.4 is 10.1 Å². The predicted octanol–water partition coefficient (Wildman–Crippen LogP) is 2.55. The lowest BCUT2D eigenvalue weighted by molar-refractivity contribution is 0.401. The summed E-state index contributed by atoms with van der Waals surface area (Å²) in [6, 6.07) is 6.20. The molecule has 0 aliphatic rings. The molecular formula is C13H18N4OS. The molecular weight excluding hydrogens is 260 g/mol. The van der Waals surface area contributed by atoms with Crippen molar-refractivity contribution in [3.05, 3.63) is 29.6 Å². The van der Waals surface area contributed by atoms with Crippen LogP contribution in [0.3, 0.4) is 0 Å². The minimum Gasteiger partial charge on any atom is -0.496 e. The van der Waals surface area contributed by atoms with Crippen LogP contribution in [0, 0.1) is 6.92 Å². The number of methoxy groups -OCH3 is 1. The number of nitrogens with zero attached hydrogens (tertiary/aromatic N) is 2. The minimum atomic E-state index is 0.193. The van der Waals surface area contributed by atoms with E-state index in [-0.39, 0.29) is 6.04 Å². The summed E-state index contributed by atoms with van der Waals surface area (Å²) in [5.74, 6) is 1.69. The Kier molecular flexibility index (Phi) is 4.44. The number of nitrogens with one attached hydrogen (secondary N) is 2. The number of aromatic amines is 1. The number of benzene rings is 1. The van der Waals surface area contributed by atoms with E-state index in [1.54, 1.807) is 7.11 Å². The Morgan fingerprint density at radius 2 is 2.21 bits per heavy atom. The van der Waals surface area contributed by atoms with Gasteiger partial charge in [0.1, 0.15) is 11.6 Å². The first-order valence-corrected chi connectivity index (χ1v) is 6.88.